The molecule has 3 aliphatic heterocycles. The Bertz CT molecular complexity index is 1160. The summed E-state index contributed by atoms with van der Waals surface area (Å²) in [6, 6.07) is 11.9. The van der Waals surface area contributed by atoms with E-state index in [0.29, 0.717) is 6.04 Å². The zero-order valence-electron chi connectivity index (χ0n) is 19.9. The molecule has 0 aromatic heterocycles. The third kappa shape index (κ3) is 4.28. The maximum Gasteiger partial charge on any atom is 0.201 e. The molecular weight excluding hydrogens is 414 g/mol. The number of piperazine rings is 1. The Kier molecular flexibility index (Phi) is 5.72. The lowest BCUT2D eigenvalue weighted by molar-refractivity contribution is 0.313. The normalized spacial score (nSPS) is 21.0. The third-order valence-corrected chi connectivity index (χ3v) is 8.11. The monoisotopic (exact) mass is 450 g/mol. The Morgan fingerprint density at radius 3 is 2.44 bits per heavy atom. The van der Waals surface area contributed by atoms with Crippen LogP contribution in [0.3, 0.4) is 0 Å². The van der Waals surface area contributed by atoms with Gasteiger partial charge >= 0.3 is 0 Å². The van der Waals surface area contributed by atoms with E-state index < -0.39 is 0 Å². The van der Waals surface area contributed by atoms with E-state index in [9.17, 15) is 0 Å². The van der Waals surface area contributed by atoms with Gasteiger partial charge in [0.15, 0.2) is 0 Å². The molecule has 4 aliphatic rings. The Labute approximate surface area is 195 Å². The molecule has 1 aliphatic carbocycles. The fourth-order valence-corrected chi connectivity index (χ4v) is 5.94. The van der Waals surface area contributed by atoms with E-state index in [1.165, 1.54) is 26.2 Å². The highest BCUT2D eigenvalue weighted by molar-refractivity contribution is 7.21. The summed E-state index contributed by atoms with van der Waals surface area (Å²) in [5, 5.41) is 1.30. The molecule has 0 radical (unpaired) electrons. The molecule has 0 unspecified atom stereocenters. The minimum atomic E-state index is 0.0424. The molecule has 170 valence electrons. The second-order valence-electron chi connectivity index (χ2n) is 10.6. The van der Waals surface area contributed by atoms with Gasteiger partial charge in [0.2, 0.25) is 5.36 Å². The van der Waals surface area contributed by atoms with Crippen LogP contribution in [0, 0.1) is 0 Å². The van der Waals surface area contributed by atoms with Gasteiger partial charge < -0.3 is 15.5 Å². The van der Waals surface area contributed by atoms with E-state index in [4.69, 9.17) is 10.7 Å². The largest absolute Gasteiger partial charge is 0.369 e. The van der Waals surface area contributed by atoms with Crippen LogP contribution in [0.5, 0.6) is 0 Å². The fraction of sp³-hybridized carbons (Fsp3) is 0.538. The van der Waals surface area contributed by atoms with Crippen molar-refractivity contribution >= 4 is 27.2 Å². The molecule has 2 saturated heterocycles. The van der Waals surface area contributed by atoms with Crippen molar-refractivity contribution < 1.29 is 0 Å². The highest BCUT2D eigenvalue weighted by atomic mass is 32.1. The first-order chi connectivity index (χ1) is 15.3. The predicted molar refractivity (Wildman–Crippen MR) is 137 cm³/mol. The van der Waals surface area contributed by atoms with Crippen LogP contribution < -0.4 is 20.6 Å². The zero-order valence-corrected chi connectivity index (χ0v) is 20.7. The maximum absolute atomic E-state index is 6.12. The lowest BCUT2D eigenvalue weighted by atomic mass is 9.86. The van der Waals surface area contributed by atoms with Crippen molar-refractivity contribution in [2.24, 2.45) is 5.73 Å². The number of likely N-dealkylation sites (N-methyl/N-ethyl adjacent to an activating group) is 1. The van der Waals surface area contributed by atoms with Crippen molar-refractivity contribution in [3.63, 3.8) is 0 Å². The Morgan fingerprint density at radius 2 is 1.75 bits per heavy atom. The van der Waals surface area contributed by atoms with Crippen LogP contribution in [0.4, 0.5) is 5.69 Å². The molecule has 1 aromatic carbocycles. The summed E-state index contributed by atoms with van der Waals surface area (Å²) in [4.78, 5) is 11.4. The number of hydrogen-bond donors (Lipinski definition) is 1. The Morgan fingerprint density at radius 1 is 1.03 bits per heavy atom. The minimum Gasteiger partial charge on any atom is -0.369 e. The number of aromatic nitrogens is 1. The van der Waals surface area contributed by atoms with Crippen LogP contribution in [-0.2, 0) is 5.41 Å². The third-order valence-electron chi connectivity index (χ3n) is 7.04. The van der Waals surface area contributed by atoms with Gasteiger partial charge in [-0.25, -0.2) is 9.56 Å². The number of piperidine rings is 1. The summed E-state index contributed by atoms with van der Waals surface area (Å²) >= 11 is 1.89. The number of hydrogen-bond acceptors (Lipinski definition) is 5. The second-order valence-corrected chi connectivity index (χ2v) is 11.7. The standard InChI is InChI=1S/C26H36N5S/c1-26(2,3)21-15-20(31-13-11-29(4)12-14-31)17-24-25(21)28-22-6-5-19(16-23(22)32-24)30-9-7-18(27)8-10-30/h5-6,15-18H,7-14,27H2,1-4H3/q+1. The molecule has 3 heterocycles. The van der Waals surface area contributed by atoms with Crippen LogP contribution in [0.25, 0.3) is 20.8 Å². The zero-order chi connectivity index (χ0) is 22.5. The van der Waals surface area contributed by atoms with Crippen LogP contribution in [0.2, 0.25) is 0 Å². The summed E-state index contributed by atoms with van der Waals surface area (Å²) in [6.45, 7) is 13.4. The fourth-order valence-electron chi connectivity index (χ4n) is 4.88. The lowest BCUT2D eigenvalue weighted by Crippen LogP contribution is -2.44. The van der Waals surface area contributed by atoms with Gasteiger partial charge in [-0.1, -0.05) is 20.8 Å². The topological polar surface area (TPSA) is 48.4 Å². The average Bonchev–Trinajstić information content (AvgIpc) is 2.77. The first-order valence-corrected chi connectivity index (χ1v) is 12.8. The number of nitrogens with zero attached hydrogens (tertiary/aromatic N) is 4. The van der Waals surface area contributed by atoms with E-state index >= 15 is 0 Å². The van der Waals surface area contributed by atoms with Gasteiger partial charge in [-0.05, 0) is 36.2 Å². The minimum absolute atomic E-state index is 0.0424. The van der Waals surface area contributed by atoms with E-state index in [0.717, 1.165) is 63.3 Å². The molecule has 0 spiro atoms. The van der Waals surface area contributed by atoms with Crippen LogP contribution in [0.1, 0.15) is 39.2 Å². The van der Waals surface area contributed by atoms with Crippen LogP contribution >= 0.6 is 11.3 Å². The molecule has 0 saturated carbocycles. The molecule has 5 rings (SSSR count). The molecule has 1 aromatic rings. The summed E-state index contributed by atoms with van der Waals surface area (Å²) in [7, 11) is 2.21. The number of rotatable bonds is 1. The Hall–Kier alpha value is -2.02. The molecule has 2 N–H and O–H groups in total. The van der Waals surface area contributed by atoms with Gasteiger partial charge in [0.25, 0.3) is 0 Å². The van der Waals surface area contributed by atoms with Gasteiger partial charge in [0, 0.05) is 62.9 Å². The molecule has 5 nitrogen and oxygen atoms in total. The number of fused-ring (bicyclic) bond motifs is 2. The van der Waals surface area contributed by atoms with Crippen molar-refractivity contribution in [1.82, 2.24) is 14.5 Å². The van der Waals surface area contributed by atoms with Crippen molar-refractivity contribution in [1.29, 1.82) is 0 Å². The first kappa shape index (κ1) is 21.8. The Balaban J connectivity index is 1.65. The van der Waals surface area contributed by atoms with Gasteiger partial charge in [-0.15, -0.1) is 11.3 Å². The van der Waals surface area contributed by atoms with Crippen molar-refractivity contribution in [2.45, 2.75) is 45.1 Å². The average molecular weight is 451 g/mol. The van der Waals surface area contributed by atoms with Crippen LogP contribution in [0.15, 0.2) is 30.3 Å². The highest BCUT2D eigenvalue weighted by Gasteiger charge is 2.24. The number of nitrogens with two attached hydrogens (primary N) is 1. The van der Waals surface area contributed by atoms with Crippen molar-refractivity contribution in [3.05, 3.63) is 41.3 Å². The molecule has 0 amide bonds. The van der Waals surface area contributed by atoms with Crippen molar-refractivity contribution in [3.8, 4) is 10.6 Å². The van der Waals surface area contributed by atoms with Gasteiger partial charge in [-0.3, -0.25) is 0 Å². The molecule has 0 atom stereocenters. The highest BCUT2D eigenvalue weighted by Crippen LogP contribution is 2.38. The second kappa shape index (κ2) is 8.40. The molecule has 32 heavy (non-hydrogen) atoms. The summed E-state index contributed by atoms with van der Waals surface area (Å²) in [5.74, 6) is 0. The quantitative estimate of drug-likeness (QED) is 0.456. The number of anilines is 1. The molecule has 2 fully saturated rings. The first-order valence-electron chi connectivity index (χ1n) is 11.9. The summed E-state index contributed by atoms with van der Waals surface area (Å²) in [5.41, 5.74) is 11.1. The molecule has 6 heteroatoms. The van der Waals surface area contributed by atoms with E-state index in [1.54, 1.807) is 0 Å². The summed E-state index contributed by atoms with van der Waals surface area (Å²) in [6.07, 6.45) is 2.14. The van der Waals surface area contributed by atoms with Crippen LogP contribution in [-0.4, -0.2) is 62.2 Å². The van der Waals surface area contributed by atoms with Gasteiger partial charge in [-0.2, -0.15) is 0 Å². The SMILES string of the molecule is CN1CCN(c2cc(C(C)(C)C)c3nc4ccc(=[N+]5CCC(N)CC5)cc-4sc3c2)CC1. The number of benzene rings is 2. The van der Waals surface area contributed by atoms with E-state index in [1.807, 2.05) is 11.3 Å². The van der Waals surface area contributed by atoms with E-state index in [-0.39, 0.29) is 5.41 Å². The van der Waals surface area contributed by atoms with E-state index in [2.05, 4.69) is 72.5 Å². The summed E-state index contributed by atoms with van der Waals surface area (Å²) < 4.78 is 3.76. The van der Waals surface area contributed by atoms with Gasteiger partial charge in [0.05, 0.1) is 20.8 Å². The van der Waals surface area contributed by atoms with Gasteiger partial charge in [0.1, 0.15) is 13.1 Å². The predicted octanol–water partition coefficient (Wildman–Crippen LogP) is 3.34. The van der Waals surface area contributed by atoms with Crippen molar-refractivity contribution in [2.75, 3.05) is 51.2 Å². The molecule has 0 bridgehead atoms. The maximum atomic E-state index is 6.12. The lowest BCUT2D eigenvalue weighted by Gasteiger charge is -2.35. The molecular formula is C26H36N5S+. The smallest absolute Gasteiger partial charge is 0.201 e.